The maximum absolute atomic E-state index is 12.7. The number of ether oxygens (including phenoxy) is 2. The number of hydrogen-bond donors (Lipinski definition) is 2. The van der Waals surface area contributed by atoms with Crippen LogP contribution in [0.4, 0.5) is 0 Å². The van der Waals surface area contributed by atoms with Gasteiger partial charge in [0.15, 0.2) is 23.1 Å². The van der Waals surface area contributed by atoms with Crippen LogP contribution in [-0.2, 0) is 0 Å². The highest BCUT2D eigenvalue weighted by molar-refractivity contribution is 6.30. The number of fused-ring (bicyclic) bond motifs is 2. The number of aryl methyl sites for hydroxylation is 1. The van der Waals surface area contributed by atoms with E-state index < -0.39 is 17.3 Å². The van der Waals surface area contributed by atoms with E-state index in [0.717, 1.165) is 0 Å². The molecule has 0 amide bonds. The molecule has 6 heteroatoms. The van der Waals surface area contributed by atoms with E-state index in [1.54, 1.807) is 13.0 Å². The molecule has 1 aliphatic carbocycles. The molecule has 0 aliphatic heterocycles. The Morgan fingerprint density at radius 2 is 1.48 bits per heavy atom. The van der Waals surface area contributed by atoms with Gasteiger partial charge in [-0.25, -0.2) is 0 Å². The number of aromatic hydroxyl groups is 2. The third-order valence-electron chi connectivity index (χ3n) is 3.97. The summed E-state index contributed by atoms with van der Waals surface area (Å²) >= 11 is 0. The predicted octanol–water partition coefficient (Wildman–Crippen LogP) is 2.20. The van der Waals surface area contributed by atoms with E-state index in [2.05, 4.69) is 0 Å². The minimum atomic E-state index is -0.552. The van der Waals surface area contributed by atoms with Crippen molar-refractivity contribution in [3.63, 3.8) is 0 Å². The van der Waals surface area contributed by atoms with E-state index >= 15 is 0 Å². The predicted molar refractivity (Wildman–Crippen MR) is 80.9 cm³/mol. The molecule has 0 saturated carbocycles. The Bertz CT molecular complexity index is 866. The molecule has 23 heavy (non-hydrogen) atoms. The van der Waals surface area contributed by atoms with Gasteiger partial charge in [0.2, 0.25) is 5.75 Å². The fourth-order valence-electron chi connectivity index (χ4n) is 2.77. The maximum Gasteiger partial charge on any atom is 0.203 e. The van der Waals surface area contributed by atoms with Crippen LogP contribution in [0.1, 0.15) is 37.4 Å². The molecular formula is C17H14O6. The summed E-state index contributed by atoms with van der Waals surface area (Å²) in [5.41, 5.74) is 0.294. The van der Waals surface area contributed by atoms with E-state index in [4.69, 9.17) is 9.47 Å². The summed E-state index contributed by atoms with van der Waals surface area (Å²) in [7, 11) is 2.68. The number of hydrogen-bond acceptors (Lipinski definition) is 6. The van der Waals surface area contributed by atoms with Crippen molar-refractivity contribution in [3.8, 4) is 23.0 Å². The van der Waals surface area contributed by atoms with Crippen LogP contribution in [0.3, 0.4) is 0 Å². The molecule has 0 aromatic heterocycles. The van der Waals surface area contributed by atoms with E-state index in [1.807, 2.05) is 0 Å². The van der Waals surface area contributed by atoms with Crippen LogP contribution in [0.15, 0.2) is 18.2 Å². The van der Waals surface area contributed by atoms with Gasteiger partial charge in [0.25, 0.3) is 0 Å². The maximum atomic E-state index is 12.7. The zero-order valence-electron chi connectivity index (χ0n) is 12.8. The van der Waals surface area contributed by atoms with Crippen molar-refractivity contribution in [1.29, 1.82) is 0 Å². The van der Waals surface area contributed by atoms with Gasteiger partial charge in [-0.1, -0.05) is 6.07 Å². The summed E-state index contributed by atoms with van der Waals surface area (Å²) in [6, 6.07) is 4.34. The van der Waals surface area contributed by atoms with Gasteiger partial charge in [-0.15, -0.1) is 0 Å². The molecule has 0 unspecified atom stereocenters. The second-order valence-corrected chi connectivity index (χ2v) is 5.20. The first kappa shape index (κ1) is 14.9. The molecule has 0 bridgehead atoms. The lowest BCUT2D eigenvalue weighted by Crippen LogP contribution is -2.22. The van der Waals surface area contributed by atoms with E-state index in [-0.39, 0.29) is 39.5 Å². The average molecular weight is 314 g/mol. The number of rotatable bonds is 2. The number of carbonyl (C=O) groups is 2. The Hall–Kier alpha value is -3.02. The van der Waals surface area contributed by atoms with Crippen molar-refractivity contribution in [2.45, 2.75) is 6.92 Å². The summed E-state index contributed by atoms with van der Waals surface area (Å²) in [5.74, 6) is -1.69. The Labute approximate surface area is 131 Å². The zero-order valence-corrected chi connectivity index (χ0v) is 12.8. The second kappa shape index (κ2) is 5.01. The molecule has 3 rings (SSSR count). The van der Waals surface area contributed by atoms with Gasteiger partial charge < -0.3 is 19.7 Å². The molecular weight excluding hydrogens is 300 g/mol. The van der Waals surface area contributed by atoms with Gasteiger partial charge in [0.1, 0.15) is 5.75 Å². The first-order valence-corrected chi connectivity index (χ1v) is 6.82. The van der Waals surface area contributed by atoms with Crippen LogP contribution < -0.4 is 9.47 Å². The fraction of sp³-hybridized carbons (Fsp3) is 0.176. The lowest BCUT2D eigenvalue weighted by atomic mass is 9.82. The van der Waals surface area contributed by atoms with E-state index in [1.165, 1.54) is 26.4 Å². The standard InChI is InChI=1S/C17H14O6/c1-7-4-5-8-11(13(7)18)15(20)9-6-10(22-2)17(23-3)16(21)12(9)14(8)19/h4-6,18,21H,1-3H3. The lowest BCUT2D eigenvalue weighted by Gasteiger charge is -2.22. The molecule has 2 N–H and O–H groups in total. The third kappa shape index (κ3) is 1.88. The van der Waals surface area contributed by atoms with Gasteiger partial charge in [0, 0.05) is 11.1 Å². The first-order chi connectivity index (χ1) is 10.9. The first-order valence-electron chi connectivity index (χ1n) is 6.82. The SMILES string of the molecule is COc1cc2c(c(O)c1OC)C(=O)c1ccc(C)c(O)c1C2=O. The topological polar surface area (TPSA) is 93.1 Å². The van der Waals surface area contributed by atoms with Gasteiger partial charge in [-0.2, -0.15) is 0 Å². The molecule has 0 radical (unpaired) electrons. The Morgan fingerprint density at radius 3 is 2.09 bits per heavy atom. The highest BCUT2D eigenvalue weighted by atomic mass is 16.5. The molecule has 0 fully saturated rings. The van der Waals surface area contributed by atoms with Crippen LogP contribution >= 0.6 is 0 Å². The fourth-order valence-corrected chi connectivity index (χ4v) is 2.77. The van der Waals surface area contributed by atoms with Gasteiger partial charge in [0.05, 0.1) is 25.3 Å². The van der Waals surface area contributed by atoms with Crippen molar-refractivity contribution < 1.29 is 29.3 Å². The Kier molecular flexibility index (Phi) is 3.25. The minimum absolute atomic E-state index is 0.0211. The number of phenols is 2. The van der Waals surface area contributed by atoms with Crippen molar-refractivity contribution in [2.75, 3.05) is 14.2 Å². The van der Waals surface area contributed by atoms with Crippen molar-refractivity contribution in [2.24, 2.45) is 0 Å². The monoisotopic (exact) mass is 314 g/mol. The van der Waals surface area contributed by atoms with Crippen LogP contribution in [-0.4, -0.2) is 36.0 Å². The molecule has 2 aromatic rings. The molecule has 0 heterocycles. The molecule has 0 atom stereocenters. The highest BCUT2D eigenvalue weighted by Crippen LogP contribution is 2.46. The van der Waals surface area contributed by atoms with Gasteiger partial charge in [-0.3, -0.25) is 9.59 Å². The summed E-state index contributed by atoms with van der Waals surface area (Å²) in [4.78, 5) is 25.4. The molecule has 118 valence electrons. The average Bonchev–Trinajstić information content (AvgIpc) is 2.54. The van der Waals surface area contributed by atoms with E-state index in [9.17, 15) is 19.8 Å². The summed E-state index contributed by atoms with van der Waals surface area (Å²) in [6.07, 6.45) is 0. The summed E-state index contributed by atoms with van der Waals surface area (Å²) < 4.78 is 10.2. The van der Waals surface area contributed by atoms with Crippen molar-refractivity contribution in [1.82, 2.24) is 0 Å². The zero-order chi connectivity index (χ0) is 16.9. The molecule has 6 nitrogen and oxygen atoms in total. The summed E-state index contributed by atoms with van der Waals surface area (Å²) in [6.45, 7) is 1.63. The number of carbonyl (C=O) groups excluding carboxylic acids is 2. The number of ketones is 2. The number of methoxy groups -OCH3 is 2. The van der Waals surface area contributed by atoms with Crippen molar-refractivity contribution in [3.05, 3.63) is 46.0 Å². The van der Waals surface area contributed by atoms with Gasteiger partial charge >= 0.3 is 0 Å². The second-order valence-electron chi connectivity index (χ2n) is 5.20. The van der Waals surface area contributed by atoms with Gasteiger partial charge in [-0.05, 0) is 24.6 Å². The normalized spacial score (nSPS) is 12.7. The largest absolute Gasteiger partial charge is 0.507 e. The van der Waals surface area contributed by atoms with E-state index in [0.29, 0.717) is 5.56 Å². The number of phenolic OH excluding ortho intramolecular Hbond substituents is 2. The molecule has 0 saturated heterocycles. The summed E-state index contributed by atoms with van der Waals surface area (Å²) in [5, 5.41) is 20.5. The molecule has 2 aromatic carbocycles. The minimum Gasteiger partial charge on any atom is -0.507 e. The van der Waals surface area contributed by atoms with Crippen LogP contribution in [0.2, 0.25) is 0 Å². The Morgan fingerprint density at radius 1 is 0.870 bits per heavy atom. The van der Waals surface area contributed by atoms with Crippen LogP contribution in [0, 0.1) is 6.92 Å². The Balaban J connectivity index is 2.38. The lowest BCUT2D eigenvalue weighted by molar-refractivity contribution is 0.0973. The number of benzene rings is 2. The van der Waals surface area contributed by atoms with Crippen LogP contribution in [0.5, 0.6) is 23.0 Å². The van der Waals surface area contributed by atoms with Crippen molar-refractivity contribution >= 4 is 11.6 Å². The highest BCUT2D eigenvalue weighted by Gasteiger charge is 2.37. The smallest absolute Gasteiger partial charge is 0.203 e. The molecule has 0 spiro atoms. The molecule has 1 aliphatic rings. The quantitative estimate of drug-likeness (QED) is 0.753. The van der Waals surface area contributed by atoms with Crippen LogP contribution in [0.25, 0.3) is 0 Å². The third-order valence-corrected chi connectivity index (χ3v) is 3.97.